The van der Waals surface area contributed by atoms with Crippen molar-refractivity contribution in [2.45, 2.75) is 13.0 Å². The highest BCUT2D eigenvalue weighted by atomic mass is 32.1. The Morgan fingerprint density at radius 2 is 2.30 bits per heavy atom. The van der Waals surface area contributed by atoms with Gasteiger partial charge in [0.1, 0.15) is 10.8 Å². The van der Waals surface area contributed by atoms with E-state index in [0.717, 1.165) is 11.1 Å². The van der Waals surface area contributed by atoms with Gasteiger partial charge in [0.05, 0.1) is 24.4 Å². The number of carbonyl (C=O) groups is 1. The molecule has 0 spiro atoms. The molecule has 2 aromatic rings. The maximum absolute atomic E-state index is 13.9. The Balaban J connectivity index is 2.29. The number of nitrogens with zero attached hydrogens (tertiary/aromatic N) is 1. The normalized spacial score (nSPS) is 11.9. The van der Waals surface area contributed by atoms with Gasteiger partial charge in [0.15, 0.2) is 0 Å². The van der Waals surface area contributed by atoms with Crippen LogP contribution in [0.5, 0.6) is 0 Å². The predicted molar refractivity (Wildman–Crippen MR) is 76.3 cm³/mol. The Morgan fingerprint density at radius 1 is 1.55 bits per heavy atom. The molecule has 5 nitrogen and oxygen atoms in total. The summed E-state index contributed by atoms with van der Waals surface area (Å²) >= 11 is 1.46. The Labute approximate surface area is 119 Å². The third-order valence-electron chi connectivity index (χ3n) is 2.74. The molecule has 0 amide bonds. The molecule has 1 aromatic carbocycles. The largest absolute Gasteiger partial charge is 0.465 e. The minimum absolute atomic E-state index is 0.0433. The molecule has 1 aromatic heterocycles. The van der Waals surface area contributed by atoms with Crippen LogP contribution in [0.15, 0.2) is 23.7 Å². The first-order valence-electron chi connectivity index (χ1n) is 5.86. The lowest BCUT2D eigenvalue weighted by molar-refractivity contribution is 0.0602. The molecule has 0 aliphatic rings. The molecule has 2 rings (SSSR count). The first-order valence-corrected chi connectivity index (χ1v) is 6.74. The summed E-state index contributed by atoms with van der Waals surface area (Å²) in [5, 5.41) is 5.63. The van der Waals surface area contributed by atoms with Crippen molar-refractivity contribution in [2.24, 2.45) is 0 Å². The first kappa shape index (κ1) is 14.3. The number of nitrogens with two attached hydrogens (primary N) is 1. The van der Waals surface area contributed by atoms with E-state index in [1.807, 2.05) is 12.3 Å². The van der Waals surface area contributed by atoms with Crippen molar-refractivity contribution in [3.8, 4) is 0 Å². The molecule has 1 atom stereocenters. The van der Waals surface area contributed by atoms with Gasteiger partial charge in [-0.2, -0.15) is 0 Å². The topological polar surface area (TPSA) is 77.2 Å². The summed E-state index contributed by atoms with van der Waals surface area (Å²) in [5.41, 5.74) is 5.97. The molecule has 0 fully saturated rings. The zero-order chi connectivity index (χ0) is 14.7. The summed E-state index contributed by atoms with van der Waals surface area (Å²) < 4.78 is 18.5. The molecule has 1 unspecified atom stereocenters. The average molecular weight is 295 g/mol. The number of esters is 1. The molecule has 20 heavy (non-hydrogen) atoms. The van der Waals surface area contributed by atoms with Crippen LogP contribution in [0.3, 0.4) is 0 Å². The molecule has 0 saturated carbocycles. The molecule has 0 radical (unpaired) electrons. The quantitative estimate of drug-likeness (QED) is 0.670. The third kappa shape index (κ3) is 2.88. The Morgan fingerprint density at radius 3 is 2.90 bits per heavy atom. The van der Waals surface area contributed by atoms with Gasteiger partial charge in [0, 0.05) is 17.3 Å². The second kappa shape index (κ2) is 5.87. The summed E-state index contributed by atoms with van der Waals surface area (Å²) in [5.74, 6) is -1.13. The number of anilines is 2. The molecule has 0 bridgehead atoms. The molecular formula is C13H14FN3O2S. The Hall–Kier alpha value is -2.15. The lowest BCUT2D eigenvalue weighted by Gasteiger charge is -2.15. The van der Waals surface area contributed by atoms with Crippen molar-refractivity contribution in [3.63, 3.8) is 0 Å². The second-order valence-corrected chi connectivity index (χ2v) is 5.07. The van der Waals surface area contributed by atoms with Gasteiger partial charge in [-0.15, -0.1) is 11.3 Å². The summed E-state index contributed by atoms with van der Waals surface area (Å²) in [6.45, 7) is 1.85. The Bertz CT molecular complexity index is 616. The summed E-state index contributed by atoms with van der Waals surface area (Å²) in [4.78, 5) is 15.7. The van der Waals surface area contributed by atoms with Crippen molar-refractivity contribution in [1.82, 2.24) is 4.98 Å². The van der Waals surface area contributed by atoms with E-state index in [2.05, 4.69) is 15.0 Å². The second-order valence-electron chi connectivity index (χ2n) is 4.15. The number of methoxy groups -OCH3 is 1. The van der Waals surface area contributed by atoms with Crippen molar-refractivity contribution >= 4 is 28.7 Å². The fourth-order valence-corrected chi connectivity index (χ4v) is 2.38. The predicted octanol–water partition coefficient (Wildman–Crippen LogP) is 2.82. The zero-order valence-corrected chi connectivity index (χ0v) is 11.8. The lowest BCUT2D eigenvalue weighted by atomic mass is 10.1. The van der Waals surface area contributed by atoms with Gasteiger partial charge in [-0.25, -0.2) is 14.2 Å². The number of aromatic nitrogens is 1. The molecule has 0 aliphatic heterocycles. The standard InChI is InChI=1S/C13H14FN3O2S/c1-7(12-16-3-4-20-12)17-11-5-8(13(18)19-2)10(15)6-9(11)14/h3-7,17H,15H2,1-2H3. The number of halogens is 1. The highest BCUT2D eigenvalue weighted by Gasteiger charge is 2.17. The summed E-state index contributed by atoms with van der Waals surface area (Å²) in [6, 6.07) is 2.27. The number of hydrogen-bond acceptors (Lipinski definition) is 6. The van der Waals surface area contributed by atoms with E-state index in [4.69, 9.17) is 5.73 Å². The van der Waals surface area contributed by atoms with Crippen LogP contribution in [0.1, 0.15) is 28.3 Å². The van der Waals surface area contributed by atoms with Gasteiger partial charge < -0.3 is 15.8 Å². The van der Waals surface area contributed by atoms with E-state index in [1.165, 1.54) is 24.5 Å². The first-order chi connectivity index (χ1) is 9.52. The number of ether oxygens (including phenoxy) is 1. The van der Waals surface area contributed by atoms with Gasteiger partial charge in [0.25, 0.3) is 0 Å². The minimum Gasteiger partial charge on any atom is -0.465 e. The van der Waals surface area contributed by atoms with Crippen LogP contribution in [0.4, 0.5) is 15.8 Å². The number of hydrogen-bond donors (Lipinski definition) is 2. The van der Waals surface area contributed by atoms with Crippen molar-refractivity contribution in [2.75, 3.05) is 18.2 Å². The van der Waals surface area contributed by atoms with Gasteiger partial charge in [0.2, 0.25) is 0 Å². The fraction of sp³-hybridized carbons (Fsp3) is 0.231. The number of carbonyl (C=O) groups excluding carboxylic acids is 1. The van der Waals surface area contributed by atoms with Crippen LogP contribution in [-0.2, 0) is 4.74 Å². The number of nitrogens with one attached hydrogen (secondary N) is 1. The number of thiazole rings is 1. The number of nitrogen functional groups attached to an aromatic ring is 1. The molecule has 106 valence electrons. The van der Waals surface area contributed by atoms with Gasteiger partial charge >= 0.3 is 5.97 Å². The van der Waals surface area contributed by atoms with E-state index in [1.54, 1.807) is 6.20 Å². The van der Waals surface area contributed by atoms with Crippen molar-refractivity contribution in [1.29, 1.82) is 0 Å². The van der Waals surface area contributed by atoms with Crippen molar-refractivity contribution in [3.05, 3.63) is 40.1 Å². The molecular weight excluding hydrogens is 281 g/mol. The molecule has 0 saturated heterocycles. The Kier molecular flexibility index (Phi) is 4.19. The van der Waals surface area contributed by atoms with Crippen LogP contribution < -0.4 is 11.1 Å². The summed E-state index contributed by atoms with van der Waals surface area (Å²) in [6.07, 6.45) is 1.68. The van der Waals surface area contributed by atoms with Crippen LogP contribution in [0.25, 0.3) is 0 Å². The smallest absolute Gasteiger partial charge is 0.340 e. The minimum atomic E-state index is -0.604. The van der Waals surface area contributed by atoms with Crippen LogP contribution in [0.2, 0.25) is 0 Å². The third-order valence-corrected chi connectivity index (χ3v) is 3.70. The fourth-order valence-electron chi connectivity index (χ4n) is 1.73. The maximum Gasteiger partial charge on any atom is 0.340 e. The van der Waals surface area contributed by atoms with Gasteiger partial charge in [-0.1, -0.05) is 0 Å². The maximum atomic E-state index is 13.9. The van der Waals surface area contributed by atoms with E-state index in [-0.39, 0.29) is 23.0 Å². The number of rotatable bonds is 4. The summed E-state index contributed by atoms with van der Waals surface area (Å²) in [7, 11) is 1.25. The van der Waals surface area contributed by atoms with Crippen molar-refractivity contribution < 1.29 is 13.9 Å². The zero-order valence-electron chi connectivity index (χ0n) is 11.0. The highest BCUT2D eigenvalue weighted by molar-refractivity contribution is 7.09. The van der Waals surface area contributed by atoms with E-state index in [9.17, 15) is 9.18 Å². The lowest BCUT2D eigenvalue weighted by Crippen LogP contribution is -2.11. The van der Waals surface area contributed by atoms with Crippen LogP contribution in [0, 0.1) is 5.82 Å². The van der Waals surface area contributed by atoms with Crippen LogP contribution in [-0.4, -0.2) is 18.1 Å². The van der Waals surface area contributed by atoms with Gasteiger partial charge in [-0.3, -0.25) is 0 Å². The van der Waals surface area contributed by atoms with Gasteiger partial charge in [-0.05, 0) is 19.1 Å². The molecule has 3 N–H and O–H groups in total. The molecule has 0 aliphatic carbocycles. The number of benzene rings is 1. The average Bonchev–Trinajstić information content (AvgIpc) is 2.95. The van der Waals surface area contributed by atoms with Crippen LogP contribution >= 0.6 is 11.3 Å². The SMILES string of the molecule is COC(=O)c1cc(NC(C)c2nccs2)c(F)cc1N. The molecule has 7 heteroatoms. The van der Waals surface area contributed by atoms with E-state index < -0.39 is 11.8 Å². The molecule has 1 heterocycles. The highest BCUT2D eigenvalue weighted by Crippen LogP contribution is 2.27. The van der Waals surface area contributed by atoms with E-state index >= 15 is 0 Å². The van der Waals surface area contributed by atoms with E-state index in [0.29, 0.717) is 0 Å². The monoisotopic (exact) mass is 295 g/mol.